The predicted molar refractivity (Wildman–Crippen MR) is 188 cm³/mol. The summed E-state index contributed by atoms with van der Waals surface area (Å²) in [5.74, 6) is 0.640. The van der Waals surface area contributed by atoms with Gasteiger partial charge in [-0.25, -0.2) is 4.98 Å². The third-order valence-electron chi connectivity index (χ3n) is 8.85. The maximum Gasteiger partial charge on any atom is 0.227 e. The highest BCUT2D eigenvalue weighted by molar-refractivity contribution is 7.26. The van der Waals surface area contributed by atoms with Gasteiger partial charge < -0.3 is 4.42 Å². The summed E-state index contributed by atoms with van der Waals surface area (Å²) in [6, 6.07) is 50.9. The van der Waals surface area contributed by atoms with E-state index in [4.69, 9.17) is 9.40 Å². The molecule has 222 valence electrons. The van der Waals surface area contributed by atoms with E-state index in [9.17, 15) is 0 Å². The Morgan fingerprint density at radius 2 is 1.13 bits per heavy atom. The summed E-state index contributed by atoms with van der Waals surface area (Å²) in [5.41, 5.74) is 8.49. The maximum atomic E-state index is 6.43. The molecule has 1 aliphatic heterocycles. The summed E-state index contributed by atoms with van der Waals surface area (Å²) < 4.78 is 8.92. The molecule has 3 heterocycles. The van der Waals surface area contributed by atoms with Crippen molar-refractivity contribution in [1.82, 2.24) is 20.9 Å². The Balaban J connectivity index is 1.12. The molecule has 1 fully saturated rings. The molecule has 6 heteroatoms. The fourth-order valence-electron chi connectivity index (χ4n) is 6.58. The lowest BCUT2D eigenvalue weighted by molar-refractivity contribution is 0.203. The number of nitrogens with one attached hydrogen (secondary N) is 3. The van der Waals surface area contributed by atoms with Crippen LogP contribution in [0.1, 0.15) is 35.2 Å². The molecule has 0 saturated carbocycles. The topological polar surface area (TPSA) is 62.1 Å². The molecule has 0 bridgehead atoms. The quantitative estimate of drug-likeness (QED) is 0.180. The number of rotatable bonds is 5. The molecule has 6 aromatic carbocycles. The number of nitrogens with zero attached hydrogens (tertiary/aromatic N) is 1. The van der Waals surface area contributed by atoms with E-state index in [-0.39, 0.29) is 18.5 Å². The van der Waals surface area contributed by atoms with Gasteiger partial charge in [0, 0.05) is 36.9 Å². The Bertz CT molecular complexity index is 2270. The highest BCUT2D eigenvalue weighted by Gasteiger charge is 2.30. The van der Waals surface area contributed by atoms with E-state index >= 15 is 0 Å². The van der Waals surface area contributed by atoms with Crippen LogP contribution >= 0.6 is 11.3 Å². The Labute approximate surface area is 270 Å². The Morgan fingerprint density at radius 3 is 1.83 bits per heavy atom. The molecule has 1 aliphatic rings. The van der Waals surface area contributed by atoms with E-state index in [1.165, 1.54) is 36.9 Å². The van der Waals surface area contributed by atoms with Crippen LogP contribution in [0.5, 0.6) is 0 Å². The van der Waals surface area contributed by atoms with Crippen LogP contribution in [0, 0.1) is 0 Å². The van der Waals surface area contributed by atoms with Gasteiger partial charge in [-0.05, 0) is 41.0 Å². The predicted octanol–water partition coefficient (Wildman–Crippen LogP) is 9.71. The van der Waals surface area contributed by atoms with E-state index in [1.54, 1.807) is 0 Å². The van der Waals surface area contributed by atoms with Crippen LogP contribution in [-0.4, -0.2) is 4.98 Å². The molecule has 0 radical (unpaired) electrons. The second kappa shape index (κ2) is 11.4. The van der Waals surface area contributed by atoms with Crippen LogP contribution < -0.4 is 16.0 Å². The van der Waals surface area contributed by atoms with Crippen molar-refractivity contribution >= 4 is 42.6 Å². The Morgan fingerprint density at radius 1 is 0.522 bits per heavy atom. The molecule has 1 saturated heterocycles. The molecule has 8 aromatic rings. The Hall–Kier alpha value is -5.11. The number of oxazole rings is 1. The molecule has 5 nitrogen and oxygen atoms in total. The number of fused-ring (bicyclic) bond motifs is 4. The minimum absolute atomic E-state index is 0.00876. The molecule has 0 amide bonds. The summed E-state index contributed by atoms with van der Waals surface area (Å²) in [6.07, 6.45) is -0.0684. The van der Waals surface area contributed by atoms with Gasteiger partial charge in [-0.15, -0.1) is 11.3 Å². The van der Waals surface area contributed by atoms with E-state index in [1.807, 2.05) is 47.7 Å². The normalized spacial score (nSPS) is 18.4. The van der Waals surface area contributed by atoms with Crippen molar-refractivity contribution in [2.45, 2.75) is 18.5 Å². The highest BCUT2D eigenvalue weighted by Crippen LogP contribution is 2.43. The van der Waals surface area contributed by atoms with E-state index < -0.39 is 0 Å². The molecule has 2 unspecified atom stereocenters. The van der Waals surface area contributed by atoms with Gasteiger partial charge in [-0.3, -0.25) is 16.0 Å². The first-order valence-electron chi connectivity index (χ1n) is 15.6. The molecular formula is C40H30N4OS. The van der Waals surface area contributed by atoms with Crippen molar-refractivity contribution in [3.63, 3.8) is 0 Å². The molecule has 2 atom stereocenters. The second-order valence-electron chi connectivity index (χ2n) is 11.7. The average molecular weight is 615 g/mol. The summed E-state index contributed by atoms with van der Waals surface area (Å²) in [5, 5.41) is 13.9. The minimum Gasteiger partial charge on any atom is -0.435 e. The Kier molecular flexibility index (Phi) is 6.72. The fraction of sp³-hybridized carbons (Fsp3) is 0.0750. The molecule has 3 N–H and O–H groups in total. The van der Waals surface area contributed by atoms with Gasteiger partial charge >= 0.3 is 0 Å². The lowest BCUT2D eigenvalue weighted by atomic mass is 10.0. The van der Waals surface area contributed by atoms with Gasteiger partial charge in [0.25, 0.3) is 0 Å². The smallest absolute Gasteiger partial charge is 0.227 e. The van der Waals surface area contributed by atoms with Crippen LogP contribution in [0.3, 0.4) is 0 Å². The lowest BCUT2D eigenvalue weighted by Gasteiger charge is -2.39. The van der Waals surface area contributed by atoms with Crippen LogP contribution in [0.15, 0.2) is 150 Å². The van der Waals surface area contributed by atoms with Crippen LogP contribution in [-0.2, 0) is 0 Å². The molecule has 2 aromatic heterocycles. The van der Waals surface area contributed by atoms with Gasteiger partial charge in [0.1, 0.15) is 5.52 Å². The summed E-state index contributed by atoms with van der Waals surface area (Å²) >= 11 is 1.83. The molecule has 0 aliphatic carbocycles. The first-order valence-corrected chi connectivity index (χ1v) is 16.4. The first-order chi connectivity index (χ1) is 22.8. The fourth-order valence-corrected chi connectivity index (χ4v) is 7.86. The van der Waals surface area contributed by atoms with Crippen molar-refractivity contribution < 1.29 is 4.42 Å². The van der Waals surface area contributed by atoms with Crippen molar-refractivity contribution in [1.29, 1.82) is 0 Å². The largest absolute Gasteiger partial charge is 0.435 e. The van der Waals surface area contributed by atoms with Gasteiger partial charge in [0.05, 0.1) is 18.5 Å². The maximum absolute atomic E-state index is 6.43. The van der Waals surface area contributed by atoms with Gasteiger partial charge in [0.15, 0.2) is 5.58 Å². The first kappa shape index (κ1) is 27.2. The minimum atomic E-state index is -0.0508. The van der Waals surface area contributed by atoms with Crippen molar-refractivity contribution in [3.8, 4) is 22.6 Å². The molecule has 0 spiro atoms. The van der Waals surface area contributed by atoms with Crippen molar-refractivity contribution in [3.05, 3.63) is 162 Å². The third-order valence-corrected chi connectivity index (χ3v) is 10.0. The average Bonchev–Trinajstić information content (AvgIpc) is 3.74. The standard InChI is InChI=1S/C40H30N4OS/c1-4-12-25(13-5-1)37-42-38(26-14-6-2-7-15-26)44-39(43-37)28-22-23-29-31-19-10-20-32(36(31)46-34(29)24-28)30-18-11-21-33-35(30)45-40(41-33)27-16-8-3-9-17-27/h1-24,37-39,42-44H. The van der Waals surface area contributed by atoms with Crippen LogP contribution in [0.4, 0.5) is 0 Å². The van der Waals surface area contributed by atoms with Crippen molar-refractivity contribution in [2.24, 2.45) is 0 Å². The summed E-state index contributed by atoms with van der Waals surface area (Å²) in [4.78, 5) is 4.83. The zero-order valence-electron chi connectivity index (χ0n) is 24.9. The third kappa shape index (κ3) is 4.80. The SMILES string of the molecule is c1ccc(-c2nc3cccc(-c4cccc5c4sc4cc(C6NC(c7ccccc7)NC(c7ccccc7)N6)ccc45)c3o2)cc1. The molecule has 9 rings (SSSR count). The number of hydrogen-bond donors (Lipinski definition) is 3. The summed E-state index contributed by atoms with van der Waals surface area (Å²) in [6.45, 7) is 0. The van der Waals surface area contributed by atoms with Gasteiger partial charge in [-0.2, -0.15) is 0 Å². The van der Waals surface area contributed by atoms with Gasteiger partial charge in [0.2, 0.25) is 5.89 Å². The number of para-hydroxylation sites is 1. The van der Waals surface area contributed by atoms with Crippen molar-refractivity contribution in [2.75, 3.05) is 0 Å². The second-order valence-corrected chi connectivity index (χ2v) is 12.8. The number of hydrogen-bond acceptors (Lipinski definition) is 6. The summed E-state index contributed by atoms with van der Waals surface area (Å²) in [7, 11) is 0. The number of aromatic nitrogens is 1. The van der Waals surface area contributed by atoms with Gasteiger partial charge in [-0.1, -0.05) is 121 Å². The zero-order chi connectivity index (χ0) is 30.5. The van der Waals surface area contributed by atoms with Crippen LogP contribution in [0.25, 0.3) is 53.9 Å². The highest BCUT2D eigenvalue weighted by atomic mass is 32.1. The number of benzene rings is 6. The van der Waals surface area contributed by atoms with Crippen LogP contribution in [0.2, 0.25) is 0 Å². The zero-order valence-corrected chi connectivity index (χ0v) is 25.7. The van der Waals surface area contributed by atoms with E-state index in [0.717, 1.165) is 27.8 Å². The monoisotopic (exact) mass is 614 g/mol. The molecule has 46 heavy (non-hydrogen) atoms. The molecular weight excluding hydrogens is 585 g/mol. The number of thiophene rings is 1. The van der Waals surface area contributed by atoms with E-state index in [2.05, 4.69) is 125 Å². The lowest BCUT2D eigenvalue weighted by Crippen LogP contribution is -2.54. The van der Waals surface area contributed by atoms with E-state index in [0.29, 0.717) is 5.89 Å².